The first-order valence-corrected chi connectivity index (χ1v) is 13.9. The highest BCUT2D eigenvalue weighted by molar-refractivity contribution is 5.79. The molecule has 1 heterocycles. The van der Waals surface area contributed by atoms with Crippen LogP contribution in [0.4, 0.5) is 0 Å². The summed E-state index contributed by atoms with van der Waals surface area (Å²) in [5, 5.41) is 12.5. The summed E-state index contributed by atoms with van der Waals surface area (Å²) in [6.07, 6.45) is 6.59. The molecule has 2 unspecified atom stereocenters. The predicted molar refractivity (Wildman–Crippen MR) is 147 cm³/mol. The summed E-state index contributed by atoms with van der Waals surface area (Å²) in [6.45, 7) is 6.06. The van der Waals surface area contributed by atoms with Gasteiger partial charge in [0.15, 0.2) is 0 Å². The second-order valence-corrected chi connectivity index (χ2v) is 11.1. The van der Waals surface area contributed by atoms with Crippen LogP contribution in [0.3, 0.4) is 0 Å². The number of hydrogen-bond donors (Lipinski definition) is 2. The molecular formula is C31H44N2O4. The molecule has 1 saturated heterocycles. The molecule has 2 fully saturated rings. The van der Waals surface area contributed by atoms with E-state index in [2.05, 4.69) is 0 Å². The lowest BCUT2D eigenvalue weighted by molar-refractivity contribution is -0.141. The lowest BCUT2D eigenvalue weighted by Gasteiger charge is -2.44. The Balaban J connectivity index is 1.63. The maximum absolute atomic E-state index is 13.4. The summed E-state index contributed by atoms with van der Waals surface area (Å²) >= 11 is 0. The lowest BCUT2D eigenvalue weighted by Crippen LogP contribution is -2.49. The van der Waals surface area contributed by atoms with Crippen molar-refractivity contribution in [3.8, 4) is 11.5 Å². The quantitative estimate of drug-likeness (QED) is 0.416. The molecule has 0 spiro atoms. The Bertz CT molecular complexity index is 1040. The fraction of sp³-hybridized carbons (Fsp3) is 0.581. The Kier molecular flexibility index (Phi) is 9.27. The van der Waals surface area contributed by atoms with E-state index in [9.17, 15) is 9.90 Å². The molecule has 2 aliphatic rings. The van der Waals surface area contributed by atoms with Crippen LogP contribution in [0.2, 0.25) is 0 Å². The molecule has 0 radical (unpaired) electrons. The van der Waals surface area contributed by atoms with E-state index in [0.29, 0.717) is 25.3 Å². The smallest absolute Gasteiger partial charge is 0.225 e. The highest BCUT2D eigenvalue weighted by atomic mass is 16.5. The van der Waals surface area contributed by atoms with Crippen LogP contribution in [0.25, 0.3) is 0 Å². The maximum atomic E-state index is 13.4. The van der Waals surface area contributed by atoms with Gasteiger partial charge in [-0.2, -0.15) is 0 Å². The number of carbonyl (C=O) groups excluding carboxylic acids is 1. The Morgan fingerprint density at radius 2 is 1.84 bits per heavy atom. The summed E-state index contributed by atoms with van der Waals surface area (Å²) in [5.74, 6) is 1.65. The molecule has 4 rings (SSSR count). The van der Waals surface area contributed by atoms with Crippen molar-refractivity contribution in [1.29, 1.82) is 0 Å². The third-order valence-corrected chi connectivity index (χ3v) is 8.36. The van der Waals surface area contributed by atoms with E-state index in [0.717, 1.165) is 73.9 Å². The van der Waals surface area contributed by atoms with Gasteiger partial charge in [0.05, 0.1) is 5.60 Å². The number of likely N-dealkylation sites (tertiary alicyclic amines) is 1. The fourth-order valence-corrected chi connectivity index (χ4v) is 6.25. The Morgan fingerprint density at radius 3 is 2.54 bits per heavy atom. The summed E-state index contributed by atoms with van der Waals surface area (Å²) in [5.41, 5.74) is 7.91. The van der Waals surface area contributed by atoms with Gasteiger partial charge in [0.25, 0.3) is 0 Å². The van der Waals surface area contributed by atoms with Gasteiger partial charge < -0.3 is 25.2 Å². The van der Waals surface area contributed by atoms with E-state index in [1.807, 2.05) is 61.2 Å². The summed E-state index contributed by atoms with van der Waals surface area (Å²) in [6, 6.07) is 14.1. The van der Waals surface area contributed by atoms with Gasteiger partial charge >= 0.3 is 0 Å². The number of rotatable bonds is 10. The van der Waals surface area contributed by atoms with Crippen molar-refractivity contribution in [1.82, 2.24) is 4.90 Å². The third-order valence-electron chi connectivity index (χ3n) is 8.36. The van der Waals surface area contributed by atoms with Gasteiger partial charge in [0, 0.05) is 50.2 Å². The largest absolute Gasteiger partial charge is 0.456 e. The molecule has 2 aromatic rings. The number of unbranched alkanes of at least 4 members (excludes halogenated alkanes) is 1. The SMILES string of the molecule is COCCCC[C@@](O)(c1ccccc1Oc1c(C)cccc1C)[C@@H]1CCCN(C(=O)C2CCC(N)C2)C1. The van der Waals surface area contributed by atoms with Crippen LogP contribution in [0.1, 0.15) is 68.1 Å². The first kappa shape index (κ1) is 27.6. The summed E-state index contributed by atoms with van der Waals surface area (Å²) < 4.78 is 11.8. The molecule has 1 aliphatic heterocycles. The molecule has 1 saturated carbocycles. The first-order chi connectivity index (χ1) is 17.8. The normalized spacial score (nSPS) is 23.6. The zero-order chi connectivity index (χ0) is 26.4. The molecule has 202 valence electrons. The Labute approximate surface area is 222 Å². The number of amides is 1. The number of aryl methyl sites for hydroxylation is 2. The maximum Gasteiger partial charge on any atom is 0.225 e. The summed E-state index contributed by atoms with van der Waals surface area (Å²) in [7, 11) is 1.71. The van der Waals surface area contributed by atoms with E-state index < -0.39 is 5.60 Å². The number of para-hydroxylation sites is 2. The molecule has 0 bridgehead atoms. The number of piperidine rings is 1. The van der Waals surface area contributed by atoms with Crippen LogP contribution < -0.4 is 10.5 Å². The van der Waals surface area contributed by atoms with Gasteiger partial charge in [-0.15, -0.1) is 0 Å². The molecular weight excluding hydrogens is 464 g/mol. The topological polar surface area (TPSA) is 85.0 Å². The van der Waals surface area contributed by atoms with Crippen LogP contribution in [0.5, 0.6) is 11.5 Å². The molecule has 1 amide bonds. The van der Waals surface area contributed by atoms with Crippen molar-refractivity contribution in [2.45, 2.75) is 76.9 Å². The van der Waals surface area contributed by atoms with Gasteiger partial charge in [0.1, 0.15) is 11.5 Å². The number of methoxy groups -OCH3 is 1. The standard InChI is InChI=1S/C31H44N2O4/c1-22-10-8-11-23(2)29(22)37-28-14-5-4-13-27(28)31(35,17-6-7-19-36-3)25-12-9-18-33(21-25)30(34)24-15-16-26(32)20-24/h4-5,8,10-11,13-14,24-26,35H,6-7,9,12,15-21,32H2,1-3H3/t24?,25-,26?,31+/m1/s1. The molecule has 3 N–H and O–H groups in total. The number of nitrogens with zero attached hydrogens (tertiary/aromatic N) is 1. The van der Waals surface area contributed by atoms with Crippen LogP contribution >= 0.6 is 0 Å². The zero-order valence-corrected chi connectivity index (χ0v) is 22.7. The lowest BCUT2D eigenvalue weighted by atomic mass is 9.73. The molecule has 6 nitrogen and oxygen atoms in total. The minimum absolute atomic E-state index is 0.0168. The molecule has 0 aromatic heterocycles. The molecule has 37 heavy (non-hydrogen) atoms. The van der Waals surface area contributed by atoms with E-state index in [4.69, 9.17) is 15.2 Å². The van der Waals surface area contributed by atoms with E-state index in [1.54, 1.807) is 7.11 Å². The summed E-state index contributed by atoms with van der Waals surface area (Å²) in [4.78, 5) is 15.4. The van der Waals surface area contributed by atoms with Crippen LogP contribution in [0, 0.1) is 25.7 Å². The third kappa shape index (κ3) is 6.36. The molecule has 1 aliphatic carbocycles. The number of benzene rings is 2. The van der Waals surface area contributed by atoms with Crippen molar-refractivity contribution in [2.24, 2.45) is 17.6 Å². The fourth-order valence-electron chi connectivity index (χ4n) is 6.25. The number of ether oxygens (including phenoxy) is 2. The van der Waals surface area contributed by atoms with E-state index in [1.165, 1.54) is 0 Å². The first-order valence-electron chi connectivity index (χ1n) is 13.9. The van der Waals surface area contributed by atoms with Gasteiger partial charge in [-0.1, -0.05) is 36.4 Å². The van der Waals surface area contributed by atoms with Gasteiger partial charge in [-0.3, -0.25) is 4.79 Å². The van der Waals surface area contributed by atoms with Crippen molar-refractivity contribution in [3.63, 3.8) is 0 Å². The van der Waals surface area contributed by atoms with Crippen LogP contribution in [-0.4, -0.2) is 48.8 Å². The van der Waals surface area contributed by atoms with Gasteiger partial charge in [-0.05, 0) is 82.4 Å². The highest BCUT2D eigenvalue weighted by Crippen LogP contribution is 2.45. The second kappa shape index (κ2) is 12.4. The predicted octanol–water partition coefficient (Wildman–Crippen LogP) is 5.47. The van der Waals surface area contributed by atoms with Crippen molar-refractivity contribution in [3.05, 3.63) is 59.2 Å². The Morgan fingerprint density at radius 1 is 1.08 bits per heavy atom. The zero-order valence-electron chi connectivity index (χ0n) is 22.7. The monoisotopic (exact) mass is 508 g/mol. The molecule has 6 heteroatoms. The van der Waals surface area contributed by atoms with Crippen molar-refractivity contribution >= 4 is 5.91 Å². The van der Waals surface area contributed by atoms with Crippen LogP contribution in [-0.2, 0) is 15.1 Å². The Hall–Kier alpha value is -2.41. The van der Waals surface area contributed by atoms with E-state index >= 15 is 0 Å². The van der Waals surface area contributed by atoms with Crippen LogP contribution in [0.15, 0.2) is 42.5 Å². The molecule has 4 atom stereocenters. The van der Waals surface area contributed by atoms with Gasteiger partial charge in [-0.25, -0.2) is 0 Å². The number of nitrogens with two attached hydrogens (primary N) is 1. The molecule has 2 aromatic carbocycles. The second-order valence-electron chi connectivity index (χ2n) is 11.1. The van der Waals surface area contributed by atoms with Crippen molar-refractivity contribution in [2.75, 3.05) is 26.8 Å². The number of aliphatic hydroxyl groups is 1. The highest BCUT2D eigenvalue weighted by Gasteiger charge is 2.44. The minimum Gasteiger partial charge on any atom is -0.456 e. The van der Waals surface area contributed by atoms with Gasteiger partial charge in [0.2, 0.25) is 5.91 Å². The minimum atomic E-state index is -1.12. The average Bonchev–Trinajstić information content (AvgIpc) is 3.35. The van der Waals surface area contributed by atoms with E-state index in [-0.39, 0.29) is 23.8 Å². The average molecular weight is 509 g/mol. The van der Waals surface area contributed by atoms with Crippen molar-refractivity contribution < 1.29 is 19.4 Å². The number of carbonyl (C=O) groups is 1. The number of hydrogen-bond acceptors (Lipinski definition) is 5.